The smallest absolute Gasteiger partial charge is 0.222 e. The van der Waals surface area contributed by atoms with Gasteiger partial charge in [0.15, 0.2) is 0 Å². The summed E-state index contributed by atoms with van der Waals surface area (Å²) in [5.74, 6) is 2.00. The molecular formula is C17H17N9. The van der Waals surface area contributed by atoms with Gasteiger partial charge in [0.1, 0.15) is 5.82 Å². The van der Waals surface area contributed by atoms with Gasteiger partial charge in [-0.25, -0.2) is 15.0 Å². The molecule has 9 nitrogen and oxygen atoms in total. The third kappa shape index (κ3) is 3.27. The van der Waals surface area contributed by atoms with Crippen molar-refractivity contribution in [2.45, 2.75) is 13.5 Å². The standard InChI is InChI=1S/C17H17N9/c1-2-18-17-20-9-14(10-21-17)16-19-6-7-26(16)11-12-4-3-5-13(8-12)15-22-24-25-23-15/h3-10H,2,11H2,1H3,(H,18,20,21)(H,22,23,24,25). The highest BCUT2D eigenvalue weighted by atomic mass is 15.5. The van der Waals surface area contributed by atoms with Gasteiger partial charge in [-0.1, -0.05) is 18.2 Å². The van der Waals surface area contributed by atoms with E-state index in [0.717, 1.165) is 29.1 Å². The van der Waals surface area contributed by atoms with Crippen LogP contribution < -0.4 is 5.32 Å². The predicted molar refractivity (Wildman–Crippen MR) is 96.1 cm³/mol. The van der Waals surface area contributed by atoms with Crippen molar-refractivity contribution in [3.05, 3.63) is 54.6 Å². The third-order valence-electron chi connectivity index (χ3n) is 3.84. The molecule has 0 atom stereocenters. The van der Waals surface area contributed by atoms with Crippen LogP contribution in [0.5, 0.6) is 0 Å². The maximum atomic E-state index is 4.45. The molecule has 4 rings (SSSR count). The molecule has 0 aliphatic carbocycles. The van der Waals surface area contributed by atoms with E-state index in [1.54, 1.807) is 18.6 Å². The highest BCUT2D eigenvalue weighted by molar-refractivity contribution is 5.56. The molecule has 3 aromatic heterocycles. The van der Waals surface area contributed by atoms with Crippen LogP contribution in [0.1, 0.15) is 12.5 Å². The van der Waals surface area contributed by atoms with Crippen molar-refractivity contribution in [3.8, 4) is 22.8 Å². The van der Waals surface area contributed by atoms with Gasteiger partial charge in [-0.2, -0.15) is 5.21 Å². The van der Waals surface area contributed by atoms with Crippen LogP contribution in [0, 0.1) is 0 Å². The number of rotatable bonds is 6. The molecule has 9 heteroatoms. The summed E-state index contributed by atoms with van der Waals surface area (Å²) in [6.45, 7) is 3.45. The van der Waals surface area contributed by atoms with Gasteiger partial charge in [0.25, 0.3) is 0 Å². The minimum atomic E-state index is 0.574. The number of hydrogen-bond acceptors (Lipinski definition) is 7. The zero-order chi connectivity index (χ0) is 17.8. The number of anilines is 1. The van der Waals surface area contributed by atoms with Crippen LogP contribution in [-0.2, 0) is 6.54 Å². The Morgan fingerprint density at radius 3 is 2.77 bits per heavy atom. The van der Waals surface area contributed by atoms with Crippen LogP contribution in [0.15, 0.2) is 49.1 Å². The molecule has 0 radical (unpaired) electrons. The van der Waals surface area contributed by atoms with Crippen LogP contribution in [0.25, 0.3) is 22.8 Å². The lowest BCUT2D eigenvalue weighted by Gasteiger charge is -2.09. The van der Waals surface area contributed by atoms with E-state index < -0.39 is 0 Å². The summed E-state index contributed by atoms with van der Waals surface area (Å²) >= 11 is 0. The van der Waals surface area contributed by atoms with Crippen LogP contribution in [0.4, 0.5) is 5.95 Å². The molecule has 3 heterocycles. The van der Waals surface area contributed by atoms with Gasteiger partial charge in [-0.05, 0) is 23.8 Å². The fourth-order valence-electron chi connectivity index (χ4n) is 2.68. The first kappa shape index (κ1) is 15.9. The Morgan fingerprint density at radius 2 is 2.00 bits per heavy atom. The molecule has 0 saturated carbocycles. The van der Waals surface area contributed by atoms with Gasteiger partial charge in [-0.15, -0.1) is 10.2 Å². The number of aromatic amines is 1. The van der Waals surface area contributed by atoms with Gasteiger partial charge < -0.3 is 9.88 Å². The van der Waals surface area contributed by atoms with Crippen molar-refractivity contribution in [2.75, 3.05) is 11.9 Å². The number of aromatic nitrogens is 8. The number of nitrogens with zero attached hydrogens (tertiary/aromatic N) is 7. The molecule has 26 heavy (non-hydrogen) atoms. The van der Waals surface area contributed by atoms with E-state index in [-0.39, 0.29) is 0 Å². The van der Waals surface area contributed by atoms with Gasteiger partial charge in [0, 0.05) is 43.4 Å². The Hall–Kier alpha value is -3.62. The summed E-state index contributed by atoms with van der Waals surface area (Å²) in [7, 11) is 0. The molecule has 0 fully saturated rings. The lowest BCUT2D eigenvalue weighted by Crippen LogP contribution is -2.04. The number of benzene rings is 1. The lowest BCUT2D eigenvalue weighted by molar-refractivity contribution is 0.806. The van der Waals surface area contributed by atoms with Crippen LogP contribution >= 0.6 is 0 Å². The van der Waals surface area contributed by atoms with Gasteiger partial charge in [0.2, 0.25) is 11.8 Å². The quantitative estimate of drug-likeness (QED) is 0.549. The lowest BCUT2D eigenvalue weighted by atomic mass is 10.1. The van der Waals surface area contributed by atoms with Crippen molar-refractivity contribution < 1.29 is 0 Å². The second kappa shape index (κ2) is 7.09. The highest BCUT2D eigenvalue weighted by Crippen LogP contribution is 2.20. The predicted octanol–water partition coefficient (Wildman–Crippen LogP) is 2.00. The third-order valence-corrected chi connectivity index (χ3v) is 3.84. The fraction of sp³-hybridized carbons (Fsp3) is 0.176. The van der Waals surface area contributed by atoms with Crippen LogP contribution in [-0.4, -0.2) is 46.7 Å². The van der Waals surface area contributed by atoms with Crippen molar-refractivity contribution in [2.24, 2.45) is 0 Å². The Labute approximate surface area is 149 Å². The van der Waals surface area contributed by atoms with E-state index in [9.17, 15) is 0 Å². The van der Waals surface area contributed by atoms with E-state index in [0.29, 0.717) is 18.3 Å². The van der Waals surface area contributed by atoms with Gasteiger partial charge in [-0.3, -0.25) is 0 Å². The van der Waals surface area contributed by atoms with Gasteiger partial charge in [0.05, 0.1) is 5.56 Å². The first-order valence-electron chi connectivity index (χ1n) is 8.23. The van der Waals surface area contributed by atoms with Crippen molar-refractivity contribution in [1.29, 1.82) is 0 Å². The molecule has 0 bridgehead atoms. The molecule has 0 amide bonds. The molecule has 0 unspecified atom stereocenters. The molecular weight excluding hydrogens is 330 g/mol. The van der Waals surface area contributed by atoms with E-state index >= 15 is 0 Å². The summed E-state index contributed by atoms with van der Waals surface area (Å²) in [5, 5.41) is 17.2. The van der Waals surface area contributed by atoms with E-state index in [2.05, 4.69) is 51.5 Å². The Morgan fingerprint density at radius 1 is 1.12 bits per heavy atom. The highest BCUT2D eigenvalue weighted by Gasteiger charge is 2.09. The number of hydrogen-bond donors (Lipinski definition) is 2. The monoisotopic (exact) mass is 347 g/mol. The minimum absolute atomic E-state index is 0.574. The number of imidazole rings is 1. The van der Waals surface area contributed by atoms with E-state index in [1.807, 2.05) is 31.3 Å². The summed E-state index contributed by atoms with van der Waals surface area (Å²) in [6.07, 6.45) is 7.27. The summed E-state index contributed by atoms with van der Waals surface area (Å²) in [5.41, 5.74) is 2.89. The van der Waals surface area contributed by atoms with Crippen LogP contribution in [0.2, 0.25) is 0 Å². The van der Waals surface area contributed by atoms with Crippen molar-refractivity contribution in [1.82, 2.24) is 40.1 Å². The van der Waals surface area contributed by atoms with Gasteiger partial charge >= 0.3 is 0 Å². The zero-order valence-electron chi connectivity index (χ0n) is 14.2. The average molecular weight is 347 g/mol. The average Bonchev–Trinajstić information content (AvgIpc) is 3.35. The second-order valence-electron chi connectivity index (χ2n) is 5.64. The molecule has 130 valence electrons. The fourth-order valence-corrected chi connectivity index (χ4v) is 2.68. The molecule has 0 saturated heterocycles. The SMILES string of the molecule is CCNc1ncc(-c2nccn2Cc2cccc(-c3nn[nH]n3)c2)cn1. The normalized spacial score (nSPS) is 10.8. The Kier molecular flexibility index (Phi) is 4.33. The molecule has 0 aliphatic rings. The number of H-pyrrole nitrogens is 1. The maximum absolute atomic E-state index is 4.45. The largest absolute Gasteiger partial charge is 0.355 e. The first-order chi connectivity index (χ1) is 12.8. The second-order valence-corrected chi connectivity index (χ2v) is 5.64. The topological polar surface area (TPSA) is 110 Å². The maximum Gasteiger partial charge on any atom is 0.222 e. The Bertz CT molecular complexity index is 974. The molecule has 0 spiro atoms. The molecule has 4 aromatic rings. The first-order valence-corrected chi connectivity index (χ1v) is 8.23. The summed E-state index contributed by atoms with van der Waals surface area (Å²) < 4.78 is 2.06. The molecule has 0 aliphatic heterocycles. The summed E-state index contributed by atoms with van der Waals surface area (Å²) in [4.78, 5) is 13.1. The number of nitrogens with one attached hydrogen (secondary N) is 2. The van der Waals surface area contributed by atoms with Crippen molar-refractivity contribution >= 4 is 5.95 Å². The van der Waals surface area contributed by atoms with Crippen LogP contribution in [0.3, 0.4) is 0 Å². The van der Waals surface area contributed by atoms with Crippen molar-refractivity contribution in [3.63, 3.8) is 0 Å². The molecule has 2 N–H and O–H groups in total. The zero-order valence-corrected chi connectivity index (χ0v) is 14.2. The summed E-state index contributed by atoms with van der Waals surface area (Å²) in [6, 6.07) is 8.03. The molecule has 1 aromatic carbocycles. The Balaban J connectivity index is 1.59. The minimum Gasteiger partial charge on any atom is -0.355 e. The number of tetrazole rings is 1. The van der Waals surface area contributed by atoms with E-state index in [1.165, 1.54) is 0 Å². The van der Waals surface area contributed by atoms with E-state index in [4.69, 9.17) is 0 Å².